The lowest BCUT2D eigenvalue weighted by Crippen LogP contribution is -1.93. The Balaban J connectivity index is 3.10. The first-order valence-electron chi connectivity index (χ1n) is 4.61. The van der Waals surface area contributed by atoms with E-state index in [0.717, 1.165) is 6.42 Å². The second-order valence-electron chi connectivity index (χ2n) is 3.48. The zero-order valence-electron chi connectivity index (χ0n) is 8.86. The molecule has 0 unspecified atom stereocenters. The molecule has 0 atom stereocenters. The van der Waals surface area contributed by atoms with E-state index in [4.69, 9.17) is 0 Å². The lowest BCUT2D eigenvalue weighted by atomic mass is 9.98. The van der Waals surface area contributed by atoms with Crippen molar-refractivity contribution in [3.63, 3.8) is 0 Å². The average Bonchev–Trinajstić information content (AvgIpc) is 2.02. The molecule has 0 aliphatic rings. The highest BCUT2D eigenvalue weighted by molar-refractivity contribution is 5.39. The van der Waals surface area contributed by atoms with E-state index in [1.807, 2.05) is 6.92 Å². The third kappa shape index (κ3) is 2.36. The third-order valence-electron chi connectivity index (χ3n) is 2.28. The summed E-state index contributed by atoms with van der Waals surface area (Å²) in [6.45, 7) is 8.34. The van der Waals surface area contributed by atoms with Gasteiger partial charge >= 0.3 is 0 Å². The molecule has 0 radical (unpaired) electrons. The minimum atomic E-state index is 0.883. The van der Waals surface area contributed by atoms with Gasteiger partial charge in [0.2, 0.25) is 0 Å². The van der Waals surface area contributed by atoms with Gasteiger partial charge in [0.25, 0.3) is 0 Å². The van der Waals surface area contributed by atoms with Gasteiger partial charge in [0.1, 0.15) is 0 Å². The van der Waals surface area contributed by atoms with E-state index >= 15 is 0 Å². The van der Waals surface area contributed by atoms with Gasteiger partial charge in [-0.15, -0.1) is 5.92 Å². The smallest absolute Gasteiger partial charge is 0.0345 e. The Labute approximate surface area is 81.0 Å². The van der Waals surface area contributed by atoms with Crippen molar-refractivity contribution in [2.75, 3.05) is 0 Å². The van der Waals surface area contributed by atoms with Gasteiger partial charge in [-0.05, 0) is 44.4 Å². The van der Waals surface area contributed by atoms with Crippen LogP contribution in [0.15, 0.2) is 12.1 Å². The first kappa shape index (κ1) is 9.86. The molecule has 0 heteroatoms. The summed E-state index contributed by atoms with van der Waals surface area (Å²) in [5.41, 5.74) is 5.45. The molecule has 1 rings (SSSR count). The van der Waals surface area contributed by atoms with Gasteiger partial charge in [0.05, 0.1) is 0 Å². The summed E-state index contributed by atoms with van der Waals surface area (Å²) in [7, 11) is 0. The maximum Gasteiger partial charge on any atom is 0.0345 e. The monoisotopic (exact) mass is 172 g/mol. The second kappa shape index (κ2) is 4.14. The first-order chi connectivity index (χ1) is 6.15. The number of hydrogen-bond acceptors (Lipinski definition) is 0. The predicted octanol–water partition coefficient (Wildman–Crippen LogP) is 3.18. The van der Waals surface area contributed by atoms with Crippen LogP contribution in [-0.4, -0.2) is 0 Å². The molecular weight excluding hydrogens is 156 g/mol. The molecule has 0 spiro atoms. The van der Waals surface area contributed by atoms with E-state index in [1.54, 1.807) is 0 Å². The Morgan fingerprint density at radius 2 is 1.62 bits per heavy atom. The van der Waals surface area contributed by atoms with E-state index < -0.39 is 0 Å². The highest BCUT2D eigenvalue weighted by Crippen LogP contribution is 2.16. The predicted molar refractivity (Wildman–Crippen MR) is 57.8 cm³/mol. The minimum Gasteiger partial charge on any atom is -0.106 e. The summed E-state index contributed by atoms with van der Waals surface area (Å²) in [6.07, 6.45) is 0.883. The van der Waals surface area contributed by atoms with Crippen LogP contribution in [-0.2, 0) is 6.42 Å². The Bertz CT molecular complexity index is 338. The maximum atomic E-state index is 3.12. The van der Waals surface area contributed by atoms with Crippen LogP contribution in [0.5, 0.6) is 0 Å². The van der Waals surface area contributed by atoms with Crippen molar-refractivity contribution in [2.24, 2.45) is 0 Å². The van der Waals surface area contributed by atoms with Crippen LogP contribution in [0.1, 0.15) is 29.2 Å². The Hall–Kier alpha value is -1.22. The fraction of sp³-hybridized carbons (Fsp3) is 0.385. The minimum absolute atomic E-state index is 0.883. The SMILES string of the molecule is CC#CCc1c(C)cc(C)cc1C. The van der Waals surface area contributed by atoms with Crippen LogP contribution in [0.4, 0.5) is 0 Å². The topological polar surface area (TPSA) is 0 Å². The molecular formula is C13H16. The Morgan fingerprint density at radius 3 is 2.08 bits per heavy atom. The molecule has 0 nitrogen and oxygen atoms in total. The van der Waals surface area contributed by atoms with Crippen LogP contribution in [0.2, 0.25) is 0 Å². The molecule has 1 aromatic carbocycles. The van der Waals surface area contributed by atoms with Crippen molar-refractivity contribution in [1.29, 1.82) is 0 Å². The van der Waals surface area contributed by atoms with Crippen LogP contribution in [0.3, 0.4) is 0 Å². The van der Waals surface area contributed by atoms with E-state index in [-0.39, 0.29) is 0 Å². The van der Waals surface area contributed by atoms with Crippen molar-refractivity contribution in [3.05, 3.63) is 34.4 Å². The number of rotatable bonds is 1. The van der Waals surface area contributed by atoms with E-state index in [0.29, 0.717) is 0 Å². The van der Waals surface area contributed by atoms with Crippen molar-refractivity contribution in [1.82, 2.24) is 0 Å². The van der Waals surface area contributed by atoms with Crippen LogP contribution >= 0.6 is 0 Å². The summed E-state index contributed by atoms with van der Waals surface area (Å²) in [6, 6.07) is 4.44. The fourth-order valence-corrected chi connectivity index (χ4v) is 1.67. The normalized spacial score (nSPS) is 9.23. The molecule has 0 aliphatic carbocycles. The molecule has 0 saturated carbocycles. The van der Waals surface area contributed by atoms with Crippen LogP contribution < -0.4 is 0 Å². The summed E-state index contributed by atoms with van der Waals surface area (Å²) < 4.78 is 0. The largest absolute Gasteiger partial charge is 0.106 e. The fourth-order valence-electron chi connectivity index (χ4n) is 1.67. The maximum absolute atomic E-state index is 3.12. The summed E-state index contributed by atoms with van der Waals surface area (Å²) in [5, 5.41) is 0. The molecule has 68 valence electrons. The molecule has 0 aromatic heterocycles. The average molecular weight is 172 g/mol. The first-order valence-corrected chi connectivity index (χ1v) is 4.61. The molecule has 1 aromatic rings. The zero-order chi connectivity index (χ0) is 9.84. The van der Waals surface area contributed by atoms with Gasteiger partial charge in [0.15, 0.2) is 0 Å². The number of hydrogen-bond donors (Lipinski definition) is 0. The number of benzene rings is 1. The molecule has 0 amide bonds. The van der Waals surface area contributed by atoms with Gasteiger partial charge in [0, 0.05) is 6.42 Å². The van der Waals surface area contributed by atoms with Crippen LogP contribution in [0, 0.1) is 32.6 Å². The lowest BCUT2D eigenvalue weighted by molar-refractivity contribution is 1.17. The van der Waals surface area contributed by atoms with E-state index in [1.165, 1.54) is 22.3 Å². The van der Waals surface area contributed by atoms with Gasteiger partial charge < -0.3 is 0 Å². The zero-order valence-corrected chi connectivity index (χ0v) is 8.86. The molecule has 0 aliphatic heterocycles. The molecule has 0 bridgehead atoms. The van der Waals surface area contributed by atoms with Crippen molar-refractivity contribution >= 4 is 0 Å². The van der Waals surface area contributed by atoms with E-state index in [2.05, 4.69) is 44.7 Å². The van der Waals surface area contributed by atoms with Crippen molar-refractivity contribution in [3.8, 4) is 11.8 Å². The lowest BCUT2D eigenvalue weighted by Gasteiger charge is -2.07. The van der Waals surface area contributed by atoms with Gasteiger partial charge in [-0.3, -0.25) is 0 Å². The van der Waals surface area contributed by atoms with Gasteiger partial charge in [-0.1, -0.05) is 23.6 Å². The van der Waals surface area contributed by atoms with Crippen molar-refractivity contribution in [2.45, 2.75) is 34.1 Å². The van der Waals surface area contributed by atoms with Gasteiger partial charge in [-0.25, -0.2) is 0 Å². The standard InChI is InChI=1S/C13H16/c1-5-6-7-13-11(3)8-10(2)9-12(13)4/h8-9H,7H2,1-4H3. The molecule has 0 saturated heterocycles. The second-order valence-corrected chi connectivity index (χ2v) is 3.48. The third-order valence-corrected chi connectivity index (χ3v) is 2.28. The quantitative estimate of drug-likeness (QED) is 0.571. The number of aryl methyl sites for hydroxylation is 3. The highest BCUT2D eigenvalue weighted by Gasteiger charge is 2.01. The molecule has 13 heavy (non-hydrogen) atoms. The molecule has 0 N–H and O–H groups in total. The van der Waals surface area contributed by atoms with Crippen molar-refractivity contribution < 1.29 is 0 Å². The Morgan fingerprint density at radius 1 is 1.08 bits per heavy atom. The Kier molecular flexibility index (Phi) is 3.14. The van der Waals surface area contributed by atoms with Crippen LogP contribution in [0.25, 0.3) is 0 Å². The summed E-state index contributed by atoms with van der Waals surface area (Å²) in [5.74, 6) is 6.05. The molecule has 0 fully saturated rings. The van der Waals surface area contributed by atoms with E-state index in [9.17, 15) is 0 Å². The highest BCUT2D eigenvalue weighted by atomic mass is 14.1. The molecule has 0 heterocycles. The van der Waals surface area contributed by atoms with Gasteiger partial charge in [-0.2, -0.15) is 0 Å². The summed E-state index contributed by atoms with van der Waals surface area (Å²) >= 11 is 0. The summed E-state index contributed by atoms with van der Waals surface area (Å²) in [4.78, 5) is 0.